The maximum absolute atomic E-state index is 4.63. The monoisotopic (exact) mass is 404 g/mol. The molecule has 0 saturated heterocycles. The standard InChI is InChI=1S/C16H26Br2N2/c1-5-20-15(16(18)11(4)19-20)9-13-8-12(10(2)3)6-7-14(13)17/h10,12-14H,5-9H2,1-4H3. The van der Waals surface area contributed by atoms with Gasteiger partial charge in [-0.15, -0.1) is 0 Å². The first kappa shape index (κ1) is 16.5. The molecule has 1 aliphatic rings. The van der Waals surface area contributed by atoms with Gasteiger partial charge in [0.05, 0.1) is 15.9 Å². The number of halogens is 2. The van der Waals surface area contributed by atoms with Gasteiger partial charge in [-0.25, -0.2) is 0 Å². The summed E-state index contributed by atoms with van der Waals surface area (Å²) < 4.78 is 3.38. The van der Waals surface area contributed by atoms with Gasteiger partial charge in [-0.1, -0.05) is 29.8 Å². The van der Waals surface area contributed by atoms with Crippen LogP contribution in [0, 0.1) is 24.7 Å². The molecule has 1 aromatic rings. The lowest BCUT2D eigenvalue weighted by Crippen LogP contribution is -2.29. The summed E-state index contributed by atoms with van der Waals surface area (Å²) in [4.78, 5) is 0.657. The molecular formula is C16H26Br2N2. The molecule has 2 rings (SSSR count). The minimum absolute atomic E-state index is 0.657. The van der Waals surface area contributed by atoms with E-state index in [0.717, 1.165) is 36.4 Å². The maximum Gasteiger partial charge on any atom is 0.0738 e. The Balaban J connectivity index is 2.15. The van der Waals surface area contributed by atoms with Crippen LogP contribution in [0.5, 0.6) is 0 Å². The van der Waals surface area contributed by atoms with Gasteiger partial charge in [-0.3, -0.25) is 4.68 Å². The summed E-state index contributed by atoms with van der Waals surface area (Å²) in [6.45, 7) is 9.95. The van der Waals surface area contributed by atoms with E-state index in [1.165, 1.54) is 29.4 Å². The summed E-state index contributed by atoms with van der Waals surface area (Å²) in [7, 11) is 0. The number of rotatable bonds is 4. The van der Waals surface area contributed by atoms with Crippen molar-refractivity contribution in [3.05, 3.63) is 15.9 Å². The summed E-state index contributed by atoms with van der Waals surface area (Å²) >= 11 is 7.66. The number of hydrogen-bond donors (Lipinski definition) is 0. The summed E-state index contributed by atoms with van der Waals surface area (Å²) in [5, 5.41) is 4.63. The molecule has 0 spiro atoms. The number of alkyl halides is 1. The van der Waals surface area contributed by atoms with Crippen LogP contribution in [0.3, 0.4) is 0 Å². The molecule has 1 aliphatic carbocycles. The molecule has 1 fully saturated rings. The Bertz CT molecular complexity index is 454. The highest BCUT2D eigenvalue weighted by Gasteiger charge is 2.31. The minimum Gasteiger partial charge on any atom is -0.268 e. The number of aryl methyl sites for hydroxylation is 2. The lowest BCUT2D eigenvalue weighted by atomic mass is 9.74. The molecule has 3 unspecified atom stereocenters. The van der Waals surface area contributed by atoms with Crippen LogP contribution in [-0.4, -0.2) is 14.6 Å². The number of nitrogens with zero attached hydrogens (tertiary/aromatic N) is 2. The van der Waals surface area contributed by atoms with Crippen molar-refractivity contribution in [2.24, 2.45) is 17.8 Å². The first-order valence-electron chi connectivity index (χ1n) is 7.79. The minimum atomic E-state index is 0.657. The molecule has 0 aliphatic heterocycles. The van der Waals surface area contributed by atoms with Crippen LogP contribution >= 0.6 is 31.9 Å². The molecule has 3 atom stereocenters. The van der Waals surface area contributed by atoms with E-state index in [-0.39, 0.29) is 0 Å². The maximum atomic E-state index is 4.63. The molecule has 4 heteroatoms. The fourth-order valence-corrected chi connectivity index (χ4v) is 4.51. The summed E-state index contributed by atoms with van der Waals surface area (Å²) in [5.74, 6) is 2.42. The van der Waals surface area contributed by atoms with Gasteiger partial charge in [-0.05, 0) is 73.2 Å². The zero-order chi connectivity index (χ0) is 14.9. The Hall–Kier alpha value is 0.170. The molecule has 1 saturated carbocycles. The van der Waals surface area contributed by atoms with E-state index in [2.05, 4.69) is 69.3 Å². The number of hydrogen-bond acceptors (Lipinski definition) is 1. The lowest BCUT2D eigenvalue weighted by molar-refractivity contribution is 0.220. The van der Waals surface area contributed by atoms with Crippen molar-refractivity contribution in [1.82, 2.24) is 9.78 Å². The van der Waals surface area contributed by atoms with E-state index >= 15 is 0 Å². The molecule has 0 amide bonds. The van der Waals surface area contributed by atoms with Gasteiger partial charge in [-0.2, -0.15) is 5.10 Å². The van der Waals surface area contributed by atoms with Crippen molar-refractivity contribution in [2.45, 2.75) is 64.8 Å². The Kier molecular flexibility index (Phi) is 5.75. The SMILES string of the molecule is CCn1nc(C)c(Br)c1CC1CC(C(C)C)CCC1Br. The fraction of sp³-hybridized carbons (Fsp3) is 0.812. The van der Waals surface area contributed by atoms with Crippen LogP contribution in [0.1, 0.15) is 51.4 Å². The third kappa shape index (κ3) is 3.49. The molecule has 1 heterocycles. The van der Waals surface area contributed by atoms with Gasteiger partial charge in [0.25, 0.3) is 0 Å². The quantitative estimate of drug-likeness (QED) is 0.617. The zero-order valence-electron chi connectivity index (χ0n) is 13.0. The molecular weight excluding hydrogens is 380 g/mol. The highest BCUT2D eigenvalue weighted by atomic mass is 79.9. The van der Waals surface area contributed by atoms with E-state index in [9.17, 15) is 0 Å². The Morgan fingerprint density at radius 1 is 1.35 bits per heavy atom. The van der Waals surface area contributed by atoms with E-state index in [1.807, 2.05) is 0 Å². The molecule has 0 bridgehead atoms. The summed E-state index contributed by atoms with van der Waals surface area (Å²) in [6, 6.07) is 0. The molecule has 20 heavy (non-hydrogen) atoms. The van der Waals surface area contributed by atoms with E-state index in [4.69, 9.17) is 0 Å². The van der Waals surface area contributed by atoms with Crippen LogP contribution in [0.25, 0.3) is 0 Å². The molecule has 0 N–H and O–H groups in total. The Morgan fingerprint density at radius 3 is 2.65 bits per heavy atom. The molecule has 0 radical (unpaired) electrons. The third-order valence-corrected chi connectivity index (χ3v) is 7.02. The van der Waals surface area contributed by atoms with Crippen LogP contribution < -0.4 is 0 Å². The summed E-state index contributed by atoms with van der Waals surface area (Å²) in [6.07, 6.45) is 5.16. The number of aromatic nitrogens is 2. The van der Waals surface area contributed by atoms with Gasteiger partial charge in [0.1, 0.15) is 0 Å². The fourth-order valence-electron chi connectivity index (χ4n) is 3.39. The molecule has 2 nitrogen and oxygen atoms in total. The van der Waals surface area contributed by atoms with E-state index in [0.29, 0.717) is 4.83 Å². The largest absolute Gasteiger partial charge is 0.268 e. The van der Waals surface area contributed by atoms with Crippen molar-refractivity contribution in [3.8, 4) is 0 Å². The topological polar surface area (TPSA) is 17.8 Å². The van der Waals surface area contributed by atoms with Gasteiger partial charge >= 0.3 is 0 Å². The van der Waals surface area contributed by atoms with Crippen LogP contribution in [-0.2, 0) is 13.0 Å². The Labute approximate surface area is 140 Å². The van der Waals surface area contributed by atoms with Crippen molar-refractivity contribution in [1.29, 1.82) is 0 Å². The second kappa shape index (κ2) is 6.95. The van der Waals surface area contributed by atoms with Gasteiger partial charge in [0, 0.05) is 11.4 Å². The van der Waals surface area contributed by atoms with Gasteiger partial charge in [0.15, 0.2) is 0 Å². The van der Waals surface area contributed by atoms with Gasteiger partial charge in [0.2, 0.25) is 0 Å². The van der Waals surface area contributed by atoms with Crippen LogP contribution in [0.4, 0.5) is 0 Å². The van der Waals surface area contributed by atoms with Crippen molar-refractivity contribution < 1.29 is 0 Å². The highest BCUT2D eigenvalue weighted by Crippen LogP contribution is 2.40. The predicted octanol–water partition coefficient (Wildman–Crippen LogP) is 5.35. The Morgan fingerprint density at radius 2 is 2.05 bits per heavy atom. The van der Waals surface area contributed by atoms with E-state index in [1.54, 1.807) is 0 Å². The zero-order valence-corrected chi connectivity index (χ0v) is 16.2. The normalized spacial score (nSPS) is 27.2. The van der Waals surface area contributed by atoms with E-state index < -0.39 is 0 Å². The molecule has 1 aromatic heterocycles. The first-order chi connectivity index (χ1) is 9.43. The molecule has 114 valence electrons. The third-order valence-electron chi connectivity index (χ3n) is 4.78. The average Bonchev–Trinajstić information content (AvgIpc) is 2.68. The van der Waals surface area contributed by atoms with Crippen molar-refractivity contribution in [3.63, 3.8) is 0 Å². The average molecular weight is 406 g/mol. The second-order valence-corrected chi connectivity index (χ2v) is 8.43. The second-order valence-electron chi connectivity index (χ2n) is 6.46. The first-order valence-corrected chi connectivity index (χ1v) is 9.50. The predicted molar refractivity (Wildman–Crippen MR) is 92.4 cm³/mol. The van der Waals surface area contributed by atoms with Gasteiger partial charge < -0.3 is 0 Å². The van der Waals surface area contributed by atoms with Crippen molar-refractivity contribution in [2.75, 3.05) is 0 Å². The van der Waals surface area contributed by atoms with Crippen LogP contribution in [0.15, 0.2) is 4.47 Å². The highest BCUT2D eigenvalue weighted by molar-refractivity contribution is 9.10. The van der Waals surface area contributed by atoms with Crippen LogP contribution in [0.2, 0.25) is 0 Å². The summed E-state index contributed by atoms with van der Waals surface area (Å²) in [5.41, 5.74) is 2.49. The lowest BCUT2D eigenvalue weighted by Gasteiger charge is -2.35. The molecule has 0 aromatic carbocycles. The van der Waals surface area contributed by atoms with Crippen molar-refractivity contribution >= 4 is 31.9 Å². The smallest absolute Gasteiger partial charge is 0.0738 e.